The van der Waals surface area contributed by atoms with E-state index in [4.69, 9.17) is 4.74 Å². The molecule has 0 aliphatic carbocycles. The van der Waals surface area contributed by atoms with Gasteiger partial charge in [0.2, 0.25) is 0 Å². The fourth-order valence-corrected chi connectivity index (χ4v) is 3.79. The van der Waals surface area contributed by atoms with Gasteiger partial charge in [0.1, 0.15) is 0 Å². The molecule has 2 rings (SSSR count). The van der Waals surface area contributed by atoms with Gasteiger partial charge < -0.3 is 15.0 Å². The molecule has 21 heavy (non-hydrogen) atoms. The minimum atomic E-state index is 0.761. The summed E-state index contributed by atoms with van der Waals surface area (Å²) in [4.78, 5) is 7.82. The van der Waals surface area contributed by atoms with Gasteiger partial charge in [-0.25, -0.2) is 0 Å². The van der Waals surface area contributed by atoms with Crippen molar-refractivity contribution in [1.29, 1.82) is 0 Å². The first-order valence-corrected chi connectivity index (χ1v) is 8.71. The van der Waals surface area contributed by atoms with Gasteiger partial charge in [0.05, 0.1) is 23.5 Å². The van der Waals surface area contributed by atoms with Crippen molar-refractivity contribution in [2.45, 2.75) is 19.4 Å². The summed E-state index contributed by atoms with van der Waals surface area (Å²) in [5.41, 5.74) is 1.48. The Kier molecular flexibility index (Phi) is 6.73. The summed E-state index contributed by atoms with van der Waals surface area (Å²) in [5, 5.41) is 3.43. The van der Waals surface area contributed by atoms with E-state index >= 15 is 0 Å². The molecule has 1 N–H and O–H groups in total. The number of aliphatic imine (C=N–C) groups is 1. The zero-order valence-electron chi connectivity index (χ0n) is 12.6. The van der Waals surface area contributed by atoms with E-state index < -0.39 is 0 Å². The number of guanidine groups is 1. The van der Waals surface area contributed by atoms with Gasteiger partial charge in [0, 0.05) is 25.5 Å². The first-order chi connectivity index (χ1) is 10.2. The molecule has 1 aromatic rings. The molecule has 0 saturated carbocycles. The average molecular weight is 372 g/mol. The second-order valence-electron chi connectivity index (χ2n) is 4.97. The number of hydrogen-bond donors (Lipinski definition) is 1. The van der Waals surface area contributed by atoms with Crippen LogP contribution >= 0.6 is 27.3 Å². The van der Waals surface area contributed by atoms with Crippen LogP contribution in [0.25, 0.3) is 0 Å². The van der Waals surface area contributed by atoms with Gasteiger partial charge in [-0.1, -0.05) is 11.6 Å². The maximum absolute atomic E-state index is 5.32. The van der Waals surface area contributed by atoms with Crippen LogP contribution in [-0.2, 0) is 11.3 Å². The fourth-order valence-electron chi connectivity index (χ4n) is 2.26. The van der Waals surface area contributed by atoms with Crippen molar-refractivity contribution < 1.29 is 4.74 Å². The molecule has 6 heteroatoms. The second kappa shape index (κ2) is 8.56. The third kappa shape index (κ3) is 5.45. The average Bonchev–Trinajstić information content (AvgIpc) is 2.89. The highest BCUT2D eigenvalue weighted by atomic mass is 79.9. The summed E-state index contributed by atoms with van der Waals surface area (Å²) in [6.07, 6.45) is 4.31. The summed E-state index contributed by atoms with van der Waals surface area (Å²) in [7, 11) is 3.90. The van der Waals surface area contributed by atoms with Gasteiger partial charge in [0.15, 0.2) is 5.96 Å². The van der Waals surface area contributed by atoms with Gasteiger partial charge in [-0.15, -0.1) is 11.3 Å². The normalized spacial score (nSPS) is 15.8. The number of halogens is 1. The highest BCUT2D eigenvalue weighted by molar-refractivity contribution is 9.11. The number of nitrogens with zero attached hydrogens (tertiary/aromatic N) is 2. The van der Waals surface area contributed by atoms with Crippen molar-refractivity contribution in [2.75, 3.05) is 33.9 Å². The Morgan fingerprint density at radius 2 is 2.38 bits per heavy atom. The van der Waals surface area contributed by atoms with Gasteiger partial charge in [-0.05, 0) is 40.9 Å². The van der Waals surface area contributed by atoms with Crippen molar-refractivity contribution in [1.82, 2.24) is 10.2 Å². The molecule has 1 aliphatic rings. The molecule has 2 heterocycles. The van der Waals surface area contributed by atoms with Gasteiger partial charge in [-0.3, -0.25) is 4.99 Å². The van der Waals surface area contributed by atoms with Crippen molar-refractivity contribution in [3.05, 3.63) is 32.4 Å². The maximum Gasteiger partial charge on any atom is 0.193 e. The van der Waals surface area contributed by atoms with E-state index in [1.54, 1.807) is 11.3 Å². The third-order valence-electron chi connectivity index (χ3n) is 3.38. The fraction of sp³-hybridized carbons (Fsp3) is 0.533. The predicted octanol–water partition coefficient (Wildman–Crippen LogP) is 3.25. The summed E-state index contributed by atoms with van der Waals surface area (Å²) < 4.78 is 6.49. The van der Waals surface area contributed by atoms with Crippen LogP contribution in [0.5, 0.6) is 0 Å². The molecular formula is C15H22BrN3OS. The molecule has 0 atom stereocenters. The highest BCUT2D eigenvalue weighted by Crippen LogP contribution is 2.22. The number of thiophene rings is 1. The third-order valence-corrected chi connectivity index (χ3v) is 4.99. The molecule has 0 unspecified atom stereocenters. The lowest BCUT2D eigenvalue weighted by atomic mass is 10.1. The van der Waals surface area contributed by atoms with Gasteiger partial charge in [0.25, 0.3) is 0 Å². The monoisotopic (exact) mass is 371 g/mol. The van der Waals surface area contributed by atoms with E-state index in [1.165, 1.54) is 14.2 Å². The van der Waals surface area contributed by atoms with Crippen LogP contribution in [0.4, 0.5) is 0 Å². The first-order valence-electron chi connectivity index (χ1n) is 7.10. The Morgan fingerprint density at radius 1 is 1.52 bits per heavy atom. The molecule has 116 valence electrons. The Bertz CT molecular complexity index is 513. The van der Waals surface area contributed by atoms with Crippen LogP contribution in [0.2, 0.25) is 0 Å². The Balaban J connectivity index is 1.78. The van der Waals surface area contributed by atoms with Crippen molar-refractivity contribution in [2.24, 2.45) is 4.99 Å². The van der Waals surface area contributed by atoms with E-state index in [0.29, 0.717) is 0 Å². The lowest BCUT2D eigenvalue weighted by molar-refractivity contribution is 0.153. The molecule has 0 bridgehead atoms. The minimum absolute atomic E-state index is 0.761. The van der Waals surface area contributed by atoms with Crippen LogP contribution < -0.4 is 5.32 Å². The van der Waals surface area contributed by atoms with Crippen molar-refractivity contribution in [3.63, 3.8) is 0 Å². The lowest BCUT2D eigenvalue weighted by Gasteiger charge is -2.22. The number of ether oxygens (including phenoxy) is 1. The molecule has 0 aromatic carbocycles. The van der Waals surface area contributed by atoms with Crippen LogP contribution in [0.3, 0.4) is 0 Å². The van der Waals surface area contributed by atoms with Crippen LogP contribution in [-0.4, -0.2) is 44.7 Å². The maximum atomic E-state index is 5.32. The topological polar surface area (TPSA) is 36.9 Å². The standard InChI is InChI=1S/C15H22BrN3OS/c1-17-15(18-8-5-12-6-9-20-10-7-12)19(2)11-13-3-4-14(16)21-13/h3-4,6H,5,7-11H2,1-2H3,(H,17,18). The molecule has 0 saturated heterocycles. The van der Waals surface area contributed by atoms with Crippen LogP contribution in [0.1, 0.15) is 17.7 Å². The van der Waals surface area contributed by atoms with E-state index in [2.05, 4.69) is 56.4 Å². The zero-order chi connectivity index (χ0) is 15.1. The SMILES string of the molecule is CN=C(NCCC1=CCOCC1)N(C)Cc1ccc(Br)s1. The van der Waals surface area contributed by atoms with Crippen LogP contribution in [0.15, 0.2) is 32.6 Å². The first kappa shape index (κ1) is 16.5. The molecule has 0 spiro atoms. The Morgan fingerprint density at radius 3 is 3.00 bits per heavy atom. The summed E-state index contributed by atoms with van der Waals surface area (Å²) in [6, 6.07) is 4.23. The van der Waals surface area contributed by atoms with E-state index in [-0.39, 0.29) is 0 Å². The zero-order valence-corrected chi connectivity index (χ0v) is 15.0. The number of hydrogen-bond acceptors (Lipinski definition) is 3. The molecule has 4 nitrogen and oxygen atoms in total. The smallest absolute Gasteiger partial charge is 0.193 e. The van der Waals surface area contributed by atoms with Gasteiger partial charge >= 0.3 is 0 Å². The summed E-state index contributed by atoms with van der Waals surface area (Å²) >= 11 is 5.26. The highest BCUT2D eigenvalue weighted by Gasteiger charge is 2.09. The molecule has 0 amide bonds. The minimum Gasteiger partial charge on any atom is -0.377 e. The molecule has 0 radical (unpaired) electrons. The Labute approximate surface area is 139 Å². The quantitative estimate of drug-likeness (QED) is 0.490. The van der Waals surface area contributed by atoms with Crippen LogP contribution in [0, 0.1) is 0 Å². The van der Waals surface area contributed by atoms with E-state index in [9.17, 15) is 0 Å². The number of nitrogens with one attached hydrogen (secondary N) is 1. The lowest BCUT2D eigenvalue weighted by Crippen LogP contribution is -2.38. The summed E-state index contributed by atoms with van der Waals surface area (Å²) in [5.74, 6) is 0.937. The molecule has 1 aliphatic heterocycles. The predicted molar refractivity (Wildman–Crippen MR) is 93.0 cm³/mol. The van der Waals surface area contributed by atoms with Crippen molar-refractivity contribution >= 4 is 33.2 Å². The van der Waals surface area contributed by atoms with Crippen molar-refractivity contribution in [3.8, 4) is 0 Å². The van der Waals surface area contributed by atoms with E-state index in [1.807, 2.05) is 7.05 Å². The largest absolute Gasteiger partial charge is 0.377 e. The second-order valence-corrected chi connectivity index (χ2v) is 7.52. The van der Waals surface area contributed by atoms with E-state index in [0.717, 1.165) is 45.1 Å². The molecule has 0 fully saturated rings. The summed E-state index contributed by atoms with van der Waals surface area (Å²) in [6.45, 7) is 3.40. The Hall–Kier alpha value is -0.850. The van der Waals surface area contributed by atoms with Gasteiger partial charge in [-0.2, -0.15) is 0 Å². The molecular weight excluding hydrogens is 350 g/mol. The molecule has 1 aromatic heterocycles. The number of rotatable bonds is 5.